The molecule has 3 rings (SSSR count). The van der Waals surface area contributed by atoms with Crippen LogP contribution in [-0.2, 0) is 36.5 Å². The van der Waals surface area contributed by atoms with Gasteiger partial charge in [0.2, 0.25) is 5.95 Å². The van der Waals surface area contributed by atoms with Crippen LogP contribution in [0, 0.1) is 0 Å². The number of carboxylic acid groups (broad SMARTS) is 1. The van der Waals surface area contributed by atoms with Gasteiger partial charge in [-0.1, -0.05) is 25.1 Å². The normalized spacial score (nSPS) is 12.3. The Labute approximate surface area is 221 Å². The number of alkyl halides is 6. The summed E-state index contributed by atoms with van der Waals surface area (Å²) in [7, 11) is 0. The minimum absolute atomic E-state index is 0.117. The van der Waals surface area contributed by atoms with Crippen molar-refractivity contribution in [2.24, 2.45) is 0 Å². The molecular formula is C27H27F6N3O3. The molecule has 0 aliphatic heterocycles. The summed E-state index contributed by atoms with van der Waals surface area (Å²) in [5.74, 6) is -0.692. The summed E-state index contributed by atoms with van der Waals surface area (Å²) in [6, 6.07) is 8.10. The maximum Gasteiger partial charge on any atom is 0.416 e. The van der Waals surface area contributed by atoms with Crippen LogP contribution in [-0.4, -0.2) is 33.2 Å². The molecule has 0 unspecified atom stereocenters. The van der Waals surface area contributed by atoms with E-state index in [4.69, 9.17) is 4.74 Å². The third-order valence-corrected chi connectivity index (χ3v) is 5.97. The van der Waals surface area contributed by atoms with Gasteiger partial charge in [0.25, 0.3) is 0 Å². The van der Waals surface area contributed by atoms with E-state index >= 15 is 0 Å². The van der Waals surface area contributed by atoms with Crippen LogP contribution >= 0.6 is 0 Å². The van der Waals surface area contributed by atoms with E-state index in [1.807, 2.05) is 6.92 Å². The number of hydrogen-bond donors (Lipinski definition) is 1. The molecule has 0 aliphatic carbocycles. The molecule has 0 aliphatic rings. The van der Waals surface area contributed by atoms with Crippen LogP contribution in [0.5, 0.6) is 5.75 Å². The van der Waals surface area contributed by atoms with Crippen LogP contribution < -0.4 is 9.64 Å². The zero-order valence-electron chi connectivity index (χ0n) is 21.4. The first-order valence-electron chi connectivity index (χ1n) is 11.9. The lowest BCUT2D eigenvalue weighted by Gasteiger charge is -2.25. The summed E-state index contributed by atoms with van der Waals surface area (Å²) in [5.41, 5.74) is -2.99. The molecule has 0 saturated carbocycles. The fraction of sp³-hybridized carbons (Fsp3) is 0.370. The maximum absolute atomic E-state index is 13.8. The van der Waals surface area contributed by atoms with Crippen molar-refractivity contribution >= 4 is 11.9 Å². The van der Waals surface area contributed by atoms with Gasteiger partial charge >= 0.3 is 18.3 Å². The summed E-state index contributed by atoms with van der Waals surface area (Å²) in [6.07, 6.45) is -5.87. The van der Waals surface area contributed by atoms with Gasteiger partial charge < -0.3 is 14.7 Å². The number of halogens is 6. The minimum atomic E-state index is -5.01. The molecule has 0 radical (unpaired) electrons. The Morgan fingerprint density at radius 1 is 0.923 bits per heavy atom. The van der Waals surface area contributed by atoms with Crippen molar-refractivity contribution in [1.29, 1.82) is 0 Å². The highest BCUT2D eigenvalue weighted by Crippen LogP contribution is 2.38. The molecule has 1 heterocycles. The fourth-order valence-corrected chi connectivity index (χ4v) is 3.63. The SMILES string of the molecule is CCc1cnc(N(CCc2ccc(OC(C)(C)C(=O)O)cc2)Cc2ccc(C(F)(F)F)cc2C(F)(F)F)nc1. The fourth-order valence-electron chi connectivity index (χ4n) is 3.63. The van der Waals surface area contributed by atoms with E-state index < -0.39 is 35.0 Å². The van der Waals surface area contributed by atoms with E-state index in [9.17, 15) is 36.2 Å². The molecule has 0 bridgehead atoms. The van der Waals surface area contributed by atoms with Gasteiger partial charge in [-0.2, -0.15) is 26.3 Å². The molecule has 0 fully saturated rings. The largest absolute Gasteiger partial charge is 0.478 e. The van der Waals surface area contributed by atoms with Crippen molar-refractivity contribution in [2.75, 3.05) is 11.4 Å². The number of ether oxygens (including phenoxy) is 1. The predicted molar refractivity (Wildman–Crippen MR) is 131 cm³/mol. The highest BCUT2D eigenvalue weighted by atomic mass is 19.4. The number of aryl methyl sites for hydroxylation is 1. The first kappa shape index (κ1) is 29.7. The smallest absolute Gasteiger partial charge is 0.416 e. The summed E-state index contributed by atoms with van der Waals surface area (Å²) >= 11 is 0. The second-order valence-electron chi connectivity index (χ2n) is 9.35. The van der Waals surface area contributed by atoms with Crippen molar-refractivity contribution < 1.29 is 41.0 Å². The first-order valence-corrected chi connectivity index (χ1v) is 11.9. The van der Waals surface area contributed by atoms with Crippen LogP contribution in [0.2, 0.25) is 0 Å². The van der Waals surface area contributed by atoms with Crippen LogP contribution in [0.3, 0.4) is 0 Å². The lowest BCUT2D eigenvalue weighted by atomic mass is 10.0. The molecule has 0 atom stereocenters. The van der Waals surface area contributed by atoms with Crippen molar-refractivity contribution in [1.82, 2.24) is 9.97 Å². The zero-order chi connectivity index (χ0) is 29.0. The number of nitrogens with zero attached hydrogens (tertiary/aromatic N) is 3. The van der Waals surface area contributed by atoms with Gasteiger partial charge in [-0.3, -0.25) is 0 Å². The quantitative estimate of drug-likeness (QED) is 0.286. The average Bonchev–Trinajstić information content (AvgIpc) is 2.86. The number of rotatable bonds is 10. The van der Waals surface area contributed by atoms with Crippen molar-refractivity contribution in [2.45, 2.75) is 58.1 Å². The molecule has 0 amide bonds. The Morgan fingerprint density at radius 2 is 1.54 bits per heavy atom. The number of anilines is 1. The molecular weight excluding hydrogens is 528 g/mol. The van der Waals surface area contributed by atoms with Gasteiger partial charge in [0.05, 0.1) is 11.1 Å². The maximum atomic E-state index is 13.8. The van der Waals surface area contributed by atoms with E-state index in [1.165, 1.54) is 18.7 Å². The molecule has 2 aromatic carbocycles. The van der Waals surface area contributed by atoms with Gasteiger partial charge in [0.15, 0.2) is 5.60 Å². The highest BCUT2D eigenvalue weighted by molar-refractivity contribution is 5.76. The number of carboxylic acids is 1. The summed E-state index contributed by atoms with van der Waals surface area (Å²) in [4.78, 5) is 21.3. The molecule has 1 aromatic heterocycles. The molecule has 39 heavy (non-hydrogen) atoms. The molecule has 1 N–H and O–H groups in total. The predicted octanol–water partition coefficient (Wildman–Crippen LogP) is 6.57. The minimum Gasteiger partial charge on any atom is -0.478 e. The standard InChI is InChI=1S/C27H27F6N3O3/c1-4-17-14-34-24(35-15-17)36(12-11-18-5-9-21(10-6-18)39-25(2,3)23(37)38)16-19-7-8-20(26(28,29)30)13-22(19)27(31,32)33/h5-10,13-15H,4,11-12,16H2,1-3H3,(H,37,38). The van der Waals surface area contributed by atoms with Crippen molar-refractivity contribution in [3.63, 3.8) is 0 Å². The van der Waals surface area contributed by atoms with Gasteiger partial charge in [-0.25, -0.2) is 14.8 Å². The zero-order valence-corrected chi connectivity index (χ0v) is 21.4. The number of aliphatic carboxylic acids is 1. The van der Waals surface area contributed by atoms with Crippen LogP contribution in [0.1, 0.15) is 48.6 Å². The monoisotopic (exact) mass is 555 g/mol. The van der Waals surface area contributed by atoms with Gasteiger partial charge in [0, 0.05) is 25.5 Å². The molecule has 3 aromatic rings. The van der Waals surface area contributed by atoms with E-state index in [0.717, 1.165) is 17.2 Å². The molecule has 12 heteroatoms. The summed E-state index contributed by atoms with van der Waals surface area (Å²) < 4.78 is 86.1. The average molecular weight is 556 g/mol. The molecule has 0 spiro atoms. The lowest BCUT2D eigenvalue weighted by Crippen LogP contribution is -2.37. The van der Waals surface area contributed by atoms with Crippen LogP contribution in [0.25, 0.3) is 0 Å². The Balaban J connectivity index is 1.88. The Morgan fingerprint density at radius 3 is 2.05 bits per heavy atom. The second-order valence-corrected chi connectivity index (χ2v) is 9.35. The molecule has 6 nitrogen and oxygen atoms in total. The number of hydrogen-bond acceptors (Lipinski definition) is 5. The summed E-state index contributed by atoms with van der Waals surface area (Å²) in [5, 5.41) is 9.22. The van der Waals surface area contributed by atoms with Gasteiger partial charge in [0.1, 0.15) is 5.75 Å². The molecule has 0 saturated heterocycles. The third kappa shape index (κ3) is 7.84. The topological polar surface area (TPSA) is 75.6 Å². The van der Waals surface area contributed by atoms with E-state index in [-0.39, 0.29) is 30.7 Å². The highest BCUT2D eigenvalue weighted by Gasteiger charge is 2.38. The Kier molecular flexibility index (Phi) is 8.77. The van der Waals surface area contributed by atoms with Gasteiger partial charge in [-0.15, -0.1) is 0 Å². The first-order chi connectivity index (χ1) is 18.1. The summed E-state index contributed by atoms with van der Waals surface area (Å²) in [6.45, 7) is 4.46. The van der Waals surface area contributed by atoms with Crippen LogP contribution in [0.4, 0.5) is 32.3 Å². The number of aromatic nitrogens is 2. The van der Waals surface area contributed by atoms with E-state index in [1.54, 1.807) is 36.7 Å². The number of carbonyl (C=O) groups is 1. The van der Waals surface area contributed by atoms with E-state index in [0.29, 0.717) is 24.7 Å². The van der Waals surface area contributed by atoms with Crippen molar-refractivity contribution in [3.8, 4) is 5.75 Å². The third-order valence-electron chi connectivity index (χ3n) is 5.97. The van der Waals surface area contributed by atoms with Crippen LogP contribution in [0.15, 0.2) is 54.9 Å². The van der Waals surface area contributed by atoms with Crippen molar-refractivity contribution in [3.05, 3.63) is 82.7 Å². The molecule has 210 valence electrons. The van der Waals surface area contributed by atoms with Gasteiger partial charge in [-0.05, 0) is 67.6 Å². The number of benzene rings is 2. The second kappa shape index (κ2) is 11.5. The van der Waals surface area contributed by atoms with E-state index in [2.05, 4.69) is 9.97 Å². The Hall–Kier alpha value is -3.83. The Bertz CT molecular complexity index is 1270. The lowest BCUT2D eigenvalue weighted by molar-refractivity contribution is -0.152.